The van der Waals surface area contributed by atoms with Crippen LogP contribution in [-0.2, 0) is 5.41 Å². The zero-order valence-electron chi connectivity index (χ0n) is 16.4. The Kier molecular flexibility index (Phi) is 3.48. The summed E-state index contributed by atoms with van der Waals surface area (Å²) in [5, 5.41) is 1.18. The maximum atomic E-state index is 5.75. The number of rotatable bonds is 3. The Balaban J connectivity index is 1.68. The van der Waals surface area contributed by atoms with Crippen molar-refractivity contribution in [1.29, 1.82) is 0 Å². The molecule has 2 aliphatic rings. The first-order valence-corrected chi connectivity index (χ1v) is 10.2. The van der Waals surface area contributed by atoms with Gasteiger partial charge in [0.1, 0.15) is 11.6 Å². The van der Waals surface area contributed by atoms with Crippen molar-refractivity contribution in [3.63, 3.8) is 0 Å². The lowest BCUT2D eigenvalue weighted by atomic mass is 9.61. The summed E-state index contributed by atoms with van der Waals surface area (Å²) >= 11 is 0. The van der Waals surface area contributed by atoms with E-state index >= 15 is 0 Å². The summed E-state index contributed by atoms with van der Waals surface area (Å²) in [5.74, 6) is 1.80. The predicted molar refractivity (Wildman–Crippen MR) is 117 cm³/mol. The number of hydrogen-bond donors (Lipinski definition) is 0. The van der Waals surface area contributed by atoms with Crippen LogP contribution in [0.5, 0.6) is 5.75 Å². The van der Waals surface area contributed by atoms with Gasteiger partial charge in [0.2, 0.25) is 0 Å². The molecule has 142 valence electrons. The van der Waals surface area contributed by atoms with Gasteiger partial charge in [-0.3, -0.25) is 4.57 Å². The fraction of sp³-hybridized carbons (Fsp3) is 0.192. The Morgan fingerprint density at radius 2 is 1.83 bits per heavy atom. The molecule has 29 heavy (non-hydrogen) atoms. The molecule has 0 unspecified atom stereocenters. The first kappa shape index (κ1) is 16.6. The highest BCUT2D eigenvalue weighted by atomic mass is 16.5. The first-order valence-electron chi connectivity index (χ1n) is 10.2. The van der Waals surface area contributed by atoms with E-state index in [1.54, 1.807) is 7.11 Å². The third kappa shape index (κ3) is 2.21. The molecule has 3 heteroatoms. The second-order valence-electron chi connectivity index (χ2n) is 8.03. The molecule has 1 saturated carbocycles. The second kappa shape index (κ2) is 6.08. The van der Waals surface area contributed by atoms with Crippen LogP contribution in [0, 0.1) is 0 Å². The van der Waals surface area contributed by atoms with E-state index in [1.165, 1.54) is 47.0 Å². The molecule has 1 spiro atoms. The summed E-state index contributed by atoms with van der Waals surface area (Å²) < 4.78 is 8.04. The van der Waals surface area contributed by atoms with Gasteiger partial charge in [0.15, 0.2) is 0 Å². The fourth-order valence-corrected chi connectivity index (χ4v) is 5.20. The Morgan fingerprint density at radius 3 is 2.59 bits per heavy atom. The minimum atomic E-state index is 0.130. The van der Waals surface area contributed by atoms with Crippen LogP contribution in [-0.4, -0.2) is 16.7 Å². The van der Waals surface area contributed by atoms with E-state index < -0.39 is 0 Å². The summed E-state index contributed by atoms with van der Waals surface area (Å²) in [7, 11) is 1.74. The smallest absolute Gasteiger partial charge is 0.143 e. The van der Waals surface area contributed by atoms with Gasteiger partial charge in [0.05, 0.1) is 18.3 Å². The summed E-state index contributed by atoms with van der Waals surface area (Å²) in [6, 6.07) is 23.5. The average Bonchev–Trinajstić information content (AvgIpc) is 3.30. The summed E-state index contributed by atoms with van der Waals surface area (Å²) in [6.45, 7) is 0. The average molecular weight is 378 g/mol. The largest absolute Gasteiger partial charge is 0.495 e. The molecule has 2 heterocycles. The third-order valence-electron chi connectivity index (χ3n) is 6.66. The summed E-state index contributed by atoms with van der Waals surface area (Å²) in [4.78, 5) is 4.70. The van der Waals surface area contributed by atoms with Crippen molar-refractivity contribution in [2.24, 2.45) is 0 Å². The highest BCUT2D eigenvalue weighted by Gasteiger charge is 2.47. The Labute approximate surface area is 170 Å². The molecule has 0 N–H and O–H groups in total. The molecule has 2 aliphatic carbocycles. The number of pyridine rings is 1. The third-order valence-corrected chi connectivity index (χ3v) is 6.66. The molecule has 0 radical (unpaired) electrons. The predicted octanol–water partition coefficient (Wildman–Crippen LogP) is 6.01. The normalized spacial score (nSPS) is 16.5. The molecule has 2 aromatic carbocycles. The van der Waals surface area contributed by atoms with Gasteiger partial charge in [-0.15, -0.1) is 0 Å². The van der Waals surface area contributed by atoms with E-state index in [1.807, 2.05) is 24.4 Å². The van der Waals surface area contributed by atoms with Crippen molar-refractivity contribution in [3.05, 3.63) is 89.7 Å². The molecule has 0 atom stereocenters. The lowest BCUT2D eigenvalue weighted by molar-refractivity contribution is 0.330. The van der Waals surface area contributed by atoms with E-state index in [9.17, 15) is 0 Å². The van der Waals surface area contributed by atoms with Gasteiger partial charge in [-0.1, -0.05) is 48.9 Å². The Hall–Kier alpha value is -3.33. The van der Waals surface area contributed by atoms with Crippen LogP contribution in [0.25, 0.3) is 28.4 Å². The maximum absolute atomic E-state index is 5.75. The number of benzene rings is 2. The van der Waals surface area contributed by atoms with Crippen molar-refractivity contribution in [1.82, 2.24) is 9.55 Å². The fourth-order valence-electron chi connectivity index (χ4n) is 5.20. The molecule has 2 aromatic heterocycles. The molecule has 0 aliphatic heterocycles. The molecule has 1 fully saturated rings. The van der Waals surface area contributed by atoms with Crippen molar-refractivity contribution in [3.8, 4) is 11.6 Å². The van der Waals surface area contributed by atoms with Gasteiger partial charge >= 0.3 is 0 Å². The minimum absolute atomic E-state index is 0.130. The van der Waals surface area contributed by atoms with Crippen molar-refractivity contribution in [2.45, 2.75) is 24.7 Å². The SMILES string of the molecule is COc1cccc2cc(C3=Cc4ccccc4C34CCC4)n(-c3ccccn3)c12. The van der Waals surface area contributed by atoms with E-state index in [-0.39, 0.29) is 5.41 Å². The van der Waals surface area contributed by atoms with E-state index in [2.05, 4.69) is 59.2 Å². The number of para-hydroxylation sites is 1. The van der Waals surface area contributed by atoms with Crippen LogP contribution >= 0.6 is 0 Å². The standard InChI is InChI=1S/C26H22N2O/c1-29-23-11-6-9-19-17-22(28(25(19)23)24-12-4-5-15-27-24)21-16-18-8-2-3-10-20(18)26(21)13-7-14-26/h2-6,8-12,15-17H,7,13-14H2,1H3. The highest BCUT2D eigenvalue weighted by molar-refractivity contribution is 6.00. The summed E-state index contributed by atoms with van der Waals surface area (Å²) in [6.07, 6.45) is 7.94. The van der Waals surface area contributed by atoms with Crippen LogP contribution in [0.2, 0.25) is 0 Å². The summed E-state index contributed by atoms with van der Waals surface area (Å²) in [5.41, 5.74) is 6.67. The lowest BCUT2D eigenvalue weighted by Gasteiger charge is -2.42. The monoisotopic (exact) mass is 378 g/mol. The van der Waals surface area contributed by atoms with E-state index in [4.69, 9.17) is 9.72 Å². The van der Waals surface area contributed by atoms with Crippen molar-refractivity contribution in [2.75, 3.05) is 7.11 Å². The zero-order valence-corrected chi connectivity index (χ0v) is 16.4. The van der Waals surface area contributed by atoms with Gasteiger partial charge in [0.25, 0.3) is 0 Å². The van der Waals surface area contributed by atoms with Gasteiger partial charge in [-0.05, 0) is 59.9 Å². The minimum Gasteiger partial charge on any atom is -0.495 e. The quantitative estimate of drug-likeness (QED) is 0.436. The van der Waals surface area contributed by atoms with Crippen molar-refractivity contribution >= 4 is 22.6 Å². The van der Waals surface area contributed by atoms with Gasteiger partial charge < -0.3 is 4.74 Å². The van der Waals surface area contributed by atoms with Crippen molar-refractivity contribution < 1.29 is 4.74 Å². The van der Waals surface area contributed by atoms with Crippen LogP contribution in [0.1, 0.15) is 36.1 Å². The number of allylic oxidation sites excluding steroid dienone is 1. The second-order valence-corrected chi connectivity index (χ2v) is 8.03. The Morgan fingerprint density at radius 1 is 0.966 bits per heavy atom. The number of hydrogen-bond acceptors (Lipinski definition) is 2. The van der Waals surface area contributed by atoms with Crippen LogP contribution in [0.15, 0.2) is 72.9 Å². The highest BCUT2D eigenvalue weighted by Crippen LogP contribution is 2.58. The molecular formula is C26H22N2O. The van der Waals surface area contributed by atoms with Gasteiger partial charge in [0, 0.05) is 17.0 Å². The molecule has 0 amide bonds. The van der Waals surface area contributed by atoms with E-state index in [0.717, 1.165) is 17.1 Å². The first-order chi connectivity index (χ1) is 14.3. The number of methoxy groups -OCH3 is 1. The molecule has 6 rings (SSSR count). The van der Waals surface area contributed by atoms with Crippen LogP contribution in [0.4, 0.5) is 0 Å². The molecule has 4 aromatic rings. The van der Waals surface area contributed by atoms with Crippen LogP contribution < -0.4 is 4.74 Å². The molecule has 0 bridgehead atoms. The van der Waals surface area contributed by atoms with Gasteiger partial charge in [-0.25, -0.2) is 4.98 Å². The van der Waals surface area contributed by atoms with Crippen LogP contribution in [0.3, 0.4) is 0 Å². The Bertz CT molecular complexity index is 1260. The number of aromatic nitrogens is 2. The molecular weight excluding hydrogens is 356 g/mol. The van der Waals surface area contributed by atoms with Gasteiger partial charge in [-0.2, -0.15) is 0 Å². The maximum Gasteiger partial charge on any atom is 0.143 e. The zero-order chi connectivity index (χ0) is 19.4. The topological polar surface area (TPSA) is 27.1 Å². The number of fused-ring (bicyclic) bond motifs is 3. The lowest BCUT2D eigenvalue weighted by Crippen LogP contribution is -2.34. The molecule has 0 saturated heterocycles. The van der Waals surface area contributed by atoms with E-state index in [0.29, 0.717) is 0 Å². The number of ether oxygens (including phenoxy) is 1. The molecule has 3 nitrogen and oxygen atoms in total. The number of nitrogens with zero attached hydrogens (tertiary/aromatic N) is 2.